The molecular formula is C13H28O6. The van der Waals surface area contributed by atoms with Crippen molar-refractivity contribution in [2.45, 2.75) is 19.3 Å². The third kappa shape index (κ3) is 17.8. The Morgan fingerprint density at radius 1 is 0.421 bits per heavy atom. The van der Waals surface area contributed by atoms with Gasteiger partial charge in [-0.3, -0.25) is 0 Å². The molecule has 0 rings (SSSR count). The smallest absolute Gasteiger partial charge is 0.0701 e. The van der Waals surface area contributed by atoms with Crippen molar-refractivity contribution in [2.75, 3.05) is 66.1 Å². The first kappa shape index (κ1) is 18.8. The highest BCUT2D eigenvalue weighted by molar-refractivity contribution is 4.41. The molecule has 2 N–H and O–H groups in total. The average Bonchev–Trinajstić information content (AvgIpc) is 2.43. The van der Waals surface area contributed by atoms with Crippen molar-refractivity contribution in [1.82, 2.24) is 0 Å². The Bertz CT molecular complexity index is 140. The minimum Gasteiger partial charge on any atom is -0.394 e. The maximum Gasteiger partial charge on any atom is 0.0701 e. The zero-order valence-electron chi connectivity index (χ0n) is 11.7. The van der Waals surface area contributed by atoms with Crippen molar-refractivity contribution in [2.24, 2.45) is 0 Å². The van der Waals surface area contributed by atoms with Crippen LogP contribution in [0.15, 0.2) is 0 Å². The quantitative estimate of drug-likeness (QED) is 0.394. The maximum atomic E-state index is 8.47. The summed E-state index contributed by atoms with van der Waals surface area (Å²) in [4.78, 5) is 0. The molecular weight excluding hydrogens is 252 g/mol. The fraction of sp³-hybridized carbons (Fsp3) is 1.00. The molecule has 0 spiro atoms. The molecule has 116 valence electrons. The van der Waals surface area contributed by atoms with Crippen LogP contribution in [0, 0.1) is 0 Å². The van der Waals surface area contributed by atoms with Gasteiger partial charge < -0.3 is 29.2 Å². The van der Waals surface area contributed by atoms with Crippen molar-refractivity contribution in [1.29, 1.82) is 0 Å². The molecule has 0 saturated carbocycles. The summed E-state index contributed by atoms with van der Waals surface area (Å²) >= 11 is 0. The molecule has 0 aromatic rings. The molecule has 0 heterocycles. The molecule has 0 saturated heterocycles. The van der Waals surface area contributed by atoms with E-state index in [0.717, 1.165) is 32.5 Å². The first-order valence-corrected chi connectivity index (χ1v) is 6.94. The van der Waals surface area contributed by atoms with E-state index in [9.17, 15) is 0 Å². The Morgan fingerprint density at radius 2 is 0.789 bits per heavy atom. The Hall–Kier alpha value is -0.240. The molecule has 0 bridgehead atoms. The third-order valence-corrected chi connectivity index (χ3v) is 2.29. The number of hydrogen-bond acceptors (Lipinski definition) is 6. The van der Waals surface area contributed by atoms with Gasteiger partial charge in [-0.05, 0) is 19.3 Å². The van der Waals surface area contributed by atoms with Crippen LogP contribution in [0.5, 0.6) is 0 Å². The predicted molar refractivity (Wildman–Crippen MR) is 71.3 cm³/mol. The largest absolute Gasteiger partial charge is 0.394 e. The van der Waals surface area contributed by atoms with Crippen molar-refractivity contribution in [3.8, 4) is 0 Å². The maximum absolute atomic E-state index is 8.47. The molecule has 0 fully saturated rings. The molecule has 0 amide bonds. The summed E-state index contributed by atoms with van der Waals surface area (Å²) in [6.45, 7) is 4.60. The van der Waals surface area contributed by atoms with E-state index in [2.05, 4.69) is 0 Å². The second-order valence-corrected chi connectivity index (χ2v) is 3.96. The van der Waals surface area contributed by atoms with Gasteiger partial charge in [-0.2, -0.15) is 0 Å². The van der Waals surface area contributed by atoms with Crippen molar-refractivity contribution < 1.29 is 29.2 Å². The summed E-state index contributed by atoms with van der Waals surface area (Å²) < 4.78 is 20.8. The van der Waals surface area contributed by atoms with Crippen molar-refractivity contribution in [3.63, 3.8) is 0 Å². The van der Waals surface area contributed by atoms with Gasteiger partial charge >= 0.3 is 0 Å². The molecule has 6 heteroatoms. The van der Waals surface area contributed by atoms with E-state index in [1.54, 1.807) is 0 Å². The number of hydrogen-bond donors (Lipinski definition) is 2. The number of ether oxygens (including phenoxy) is 4. The molecule has 0 aliphatic heterocycles. The summed E-state index contributed by atoms with van der Waals surface area (Å²) in [7, 11) is 0. The van der Waals surface area contributed by atoms with E-state index < -0.39 is 0 Å². The van der Waals surface area contributed by atoms with E-state index in [1.165, 1.54) is 0 Å². The topological polar surface area (TPSA) is 77.4 Å². The summed E-state index contributed by atoms with van der Waals surface area (Å²) in [5.41, 5.74) is 0. The number of unbranched alkanes of at least 4 members (excludes halogenated alkanes) is 2. The van der Waals surface area contributed by atoms with Crippen LogP contribution < -0.4 is 0 Å². The highest BCUT2D eigenvalue weighted by Crippen LogP contribution is 1.96. The lowest BCUT2D eigenvalue weighted by Crippen LogP contribution is -2.09. The van der Waals surface area contributed by atoms with Gasteiger partial charge in [0.15, 0.2) is 0 Å². The molecule has 0 aromatic heterocycles. The second kappa shape index (κ2) is 17.8. The standard InChI is InChI=1S/C13H28O6/c14-4-8-18-12-10-16-6-2-1-3-7-17-11-13-19-9-5-15/h14-15H,1-13H2. The van der Waals surface area contributed by atoms with Crippen LogP contribution in [0.1, 0.15) is 19.3 Å². The van der Waals surface area contributed by atoms with Gasteiger partial charge in [-0.25, -0.2) is 0 Å². The van der Waals surface area contributed by atoms with E-state index in [0.29, 0.717) is 39.6 Å². The van der Waals surface area contributed by atoms with Crippen LogP contribution in [-0.4, -0.2) is 76.3 Å². The van der Waals surface area contributed by atoms with Gasteiger partial charge in [-0.15, -0.1) is 0 Å². The minimum atomic E-state index is 0.0606. The Balaban J connectivity index is 2.88. The zero-order valence-corrected chi connectivity index (χ0v) is 11.7. The first-order chi connectivity index (χ1) is 9.41. The van der Waals surface area contributed by atoms with Gasteiger partial charge in [0, 0.05) is 13.2 Å². The molecule has 0 unspecified atom stereocenters. The highest BCUT2D eigenvalue weighted by atomic mass is 16.5. The SMILES string of the molecule is OCCOCCOCCCCCOCCOCCO. The number of aliphatic hydroxyl groups is 2. The molecule has 6 nitrogen and oxygen atoms in total. The predicted octanol–water partition coefficient (Wildman–Crippen LogP) is 0.208. The fourth-order valence-corrected chi connectivity index (χ4v) is 1.36. The summed E-state index contributed by atoms with van der Waals surface area (Å²) in [5.74, 6) is 0. The monoisotopic (exact) mass is 280 g/mol. The fourth-order valence-electron chi connectivity index (χ4n) is 1.36. The summed E-state index contributed by atoms with van der Waals surface area (Å²) in [6, 6.07) is 0. The lowest BCUT2D eigenvalue weighted by molar-refractivity contribution is 0.0271. The van der Waals surface area contributed by atoms with E-state index in [-0.39, 0.29) is 13.2 Å². The average molecular weight is 280 g/mol. The van der Waals surface area contributed by atoms with Crippen LogP contribution in [0.3, 0.4) is 0 Å². The van der Waals surface area contributed by atoms with Crippen molar-refractivity contribution in [3.05, 3.63) is 0 Å². The van der Waals surface area contributed by atoms with Gasteiger partial charge in [0.2, 0.25) is 0 Å². The lowest BCUT2D eigenvalue weighted by atomic mass is 10.2. The minimum absolute atomic E-state index is 0.0606. The lowest BCUT2D eigenvalue weighted by Gasteiger charge is -2.06. The van der Waals surface area contributed by atoms with Crippen LogP contribution in [0.4, 0.5) is 0 Å². The molecule has 0 aliphatic carbocycles. The first-order valence-electron chi connectivity index (χ1n) is 6.94. The van der Waals surface area contributed by atoms with Crippen molar-refractivity contribution >= 4 is 0 Å². The van der Waals surface area contributed by atoms with Gasteiger partial charge in [0.25, 0.3) is 0 Å². The summed E-state index contributed by atoms with van der Waals surface area (Å²) in [6.07, 6.45) is 3.11. The van der Waals surface area contributed by atoms with Crippen LogP contribution >= 0.6 is 0 Å². The van der Waals surface area contributed by atoms with Crippen LogP contribution in [0.2, 0.25) is 0 Å². The highest BCUT2D eigenvalue weighted by Gasteiger charge is 1.93. The summed E-state index contributed by atoms with van der Waals surface area (Å²) in [5, 5.41) is 16.9. The zero-order chi connectivity index (χ0) is 14.0. The van der Waals surface area contributed by atoms with Gasteiger partial charge in [-0.1, -0.05) is 0 Å². The molecule has 0 radical (unpaired) electrons. The Labute approximate surface area is 115 Å². The Morgan fingerprint density at radius 3 is 1.16 bits per heavy atom. The van der Waals surface area contributed by atoms with E-state index in [4.69, 9.17) is 29.2 Å². The molecule has 19 heavy (non-hydrogen) atoms. The number of aliphatic hydroxyl groups excluding tert-OH is 2. The van der Waals surface area contributed by atoms with Crippen LogP contribution in [-0.2, 0) is 18.9 Å². The second-order valence-electron chi connectivity index (χ2n) is 3.96. The van der Waals surface area contributed by atoms with E-state index >= 15 is 0 Å². The Kier molecular flexibility index (Phi) is 17.5. The van der Waals surface area contributed by atoms with E-state index in [1.807, 2.05) is 0 Å². The third-order valence-electron chi connectivity index (χ3n) is 2.29. The van der Waals surface area contributed by atoms with Gasteiger partial charge in [0.05, 0.1) is 52.9 Å². The number of rotatable bonds is 16. The normalized spacial score (nSPS) is 11.1. The van der Waals surface area contributed by atoms with Crippen LogP contribution in [0.25, 0.3) is 0 Å². The van der Waals surface area contributed by atoms with Gasteiger partial charge in [0.1, 0.15) is 0 Å². The molecule has 0 atom stereocenters. The molecule has 0 aliphatic rings. The molecule has 0 aromatic carbocycles.